The van der Waals surface area contributed by atoms with Crippen molar-refractivity contribution in [3.63, 3.8) is 0 Å². The van der Waals surface area contributed by atoms with Gasteiger partial charge in [0.2, 0.25) is 5.91 Å². The van der Waals surface area contributed by atoms with Crippen molar-refractivity contribution in [3.05, 3.63) is 0 Å². The monoisotopic (exact) mass is 268 g/mol. The highest BCUT2D eigenvalue weighted by Crippen LogP contribution is 2.28. The molecule has 1 amide bonds. The van der Waals surface area contributed by atoms with Crippen LogP contribution < -0.4 is 5.73 Å². The van der Waals surface area contributed by atoms with Crippen molar-refractivity contribution >= 4 is 5.91 Å². The molecule has 1 aliphatic heterocycles. The highest BCUT2D eigenvalue weighted by atomic mass is 16.5. The Balaban J connectivity index is 2.00. The van der Waals surface area contributed by atoms with Gasteiger partial charge in [-0.1, -0.05) is 25.7 Å². The van der Waals surface area contributed by atoms with E-state index in [1.54, 1.807) is 0 Å². The highest BCUT2D eigenvalue weighted by Gasteiger charge is 2.37. The number of amides is 1. The first-order chi connectivity index (χ1) is 9.02. The Morgan fingerprint density at radius 3 is 2.47 bits per heavy atom. The maximum absolute atomic E-state index is 12.7. The molecule has 2 rings (SSSR count). The topological polar surface area (TPSA) is 55.6 Å². The SMILES string of the molecule is CC1(C)CN(C(=O)C2CCCCCC2)CC(CN)O1. The number of ether oxygens (including phenoxy) is 1. The summed E-state index contributed by atoms with van der Waals surface area (Å²) in [5.41, 5.74) is 5.45. The second-order valence-electron chi connectivity index (χ2n) is 6.64. The molecule has 1 atom stereocenters. The zero-order chi connectivity index (χ0) is 13.9. The Morgan fingerprint density at radius 2 is 1.89 bits per heavy atom. The molecule has 4 heteroatoms. The van der Waals surface area contributed by atoms with Crippen LogP contribution in [0.15, 0.2) is 0 Å². The van der Waals surface area contributed by atoms with Crippen LogP contribution in [0.5, 0.6) is 0 Å². The number of rotatable bonds is 2. The second kappa shape index (κ2) is 6.23. The van der Waals surface area contributed by atoms with Crippen LogP contribution in [0.25, 0.3) is 0 Å². The summed E-state index contributed by atoms with van der Waals surface area (Å²) in [6.07, 6.45) is 7.06. The molecule has 2 fully saturated rings. The van der Waals surface area contributed by atoms with Crippen LogP contribution in [0.3, 0.4) is 0 Å². The van der Waals surface area contributed by atoms with E-state index in [-0.39, 0.29) is 17.6 Å². The van der Waals surface area contributed by atoms with Crippen molar-refractivity contribution in [1.82, 2.24) is 4.90 Å². The lowest BCUT2D eigenvalue weighted by Gasteiger charge is -2.43. The second-order valence-corrected chi connectivity index (χ2v) is 6.64. The molecule has 1 saturated carbocycles. The number of hydrogen-bond donors (Lipinski definition) is 1. The van der Waals surface area contributed by atoms with Gasteiger partial charge in [-0.2, -0.15) is 0 Å². The van der Waals surface area contributed by atoms with Crippen LogP contribution >= 0.6 is 0 Å². The van der Waals surface area contributed by atoms with Gasteiger partial charge in [0, 0.05) is 25.6 Å². The summed E-state index contributed by atoms with van der Waals surface area (Å²) in [5.74, 6) is 0.562. The molecule has 1 aliphatic carbocycles. The quantitative estimate of drug-likeness (QED) is 0.778. The molecule has 0 aromatic rings. The van der Waals surface area contributed by atoms with Crippen LogP contribution in [0.2, 0.25) is 0 Å². The molecule has 110 valence electrons. The van der Waals surface area contributed by atoms with Crippen molar-refractivity contribution in [3.8, 4) is 0 Å². The number of morpholine rings is 1. The molecule has 0 aromatic carbocycles. The summed E-state index contributed by atoms with van der Waals surface area (Å²) in [6.45, 7) is 5.93. The molecule has 1 saturated heterocycles. The summed E-state index contributed by atoms with van der Waals surface area (Å²) in [6, 6.07) is 0. The average molecular weight is 268 g/mol. The minimum absolute atomic E-state index is 0.0153. The van der Waals surface area contributed by atoms with E-state index >= 15 is 0 Å². The Hall–Kier alpha value is -0.610. The van der Waals surface area contributed by atoms with Crippen molar-refractivity contribution in [2.24, 2.45) is 11.7 Å². The van der Waals surface area contributed by atoms with E-state index in [4.69, 9.17) is 10.5 Å². The number of nitrogens with two attached hydrogens (primary N) is 1. The molecule has 2 N–H and O–H groups in total. The third-order valence-corrected chi connectivity index (χ3v) is 4.26. The summed E-state index contributed by atoms with van der Waals surface area (Å²) in [4.78, 5) is 14.7. The zero-order valence-electron chi connectivity index (χ0n) is 12.4. The molecule has 1 unspecified atom stereocenters. The third-order valence-electron chi connectivity index (χ3n) is 4.26. The van der Waals surface area contributed by atoms with E-state index in [0.29, 0.717) is 25.5 Å². The van der Waals surface area contributed by atoms with Gasteiger partial charge in [0.15, 0.2) is 0 Å². The fourth-order valence-electron chi connectivity index (χ4n) is 3.37. The Bertz CT molecular complexity index is 309. The normalized spacial score (nSPS) is 29.0. The minimum Gasteiger partial charge on any atom is -0.367 e. The highest BCUT2D eigenvalue weighted by molar-refractivity contribution is 5.79. The van der Waals surface area contributed by atoms with Gasteiger partial charge in [-0.15, -0.1) is 0 Å². The molecule has 0 spiro atoms. The number of carbonyl (C=O) groups excluding carboxylic acids is 1. The first kappa shape index (κ1) is 14.8. The molecular weight excluding hydrogens is 240 g/mol. The van der Waals surface area contributed by atoms with Crippen LogP contribution in [0, 0.1) is 5.92 Å². The van der Waals surface area contributed by atoms with Crippen molar-refractivity contribution < 1.29 is 9.53 Å². The maximum Gasteiger partial charge on any atom is 0.225 e. The van der Waals surface area contributed by atoms with Gasteiger partial charge in [0.05, 0.1) is 11.7 Å². The van der Waals surface area contributed by atoms with E-state index in [1.807, 2.05) is 18.7 Å². The average Bonchev–Trinajstić information content (AvgIpc) is 2.64. The van der Waals surface area contributed by atoms with Gasteiger partial charge in [-0.3, -0.25) is 4.79 Å². The van der Waals surface area contributed by atoms with Crippen LogP contribution in [-0.4, -0.2) is 42.1 Å². The minimum atomic E-state index is -0.275. The fourth-order valence-corrected chi connectivity index (χ4v) is 3.37. The zero-order valence-corrected chi connectivity index (χ0v) is 12.4. The van der Waals surface area contributed by atoms with Crippen molar-refractivity contribution in [1.29, 1.82) is 0 Å². The predicted molar refractivity (Wildman–Crippen MR) is 75.8 cm³/mol. The number of hydrogen-bond acceptors (Lipinski definition) is 3. The summed E-state index contributed by atoms with van der Waals surface area (Å²) in [7, 11) is 0. The van der Waals surface area contributed by atoms with Gasteiger partial charge >= 0.3 is 0 Å². The molecule has 1 heterocycles. The van der Waals surface area contributed by atoms with Gasteiger partial charge in [0.25, 0.3) is 0 Å². The molecule has 4 nitrogen and oxygen atoms in total. The molecule has 0 aromatic heterocycles. The largest absolute Gasteiger partial charge is 0.367 e. The number of nitrogens with zero attached hydrogens (tertiary/aromatic N) is 1. The first-order valence-electron chi connectivity index (χ1n) is 7.68. The first-order valence-corrected chi connectivity index (χ1v) is 7.68. The lowest BCUT2D eigenvalue weighted by atomic mass is 9.96. The summed E-state index contributed by atoms with van der Waals surface area (Å²) in [5, 5.41) is 0. The van der Waals surface area contributed by atoms with Crippen LogP contribution in [0.1, 0.15) is 52.4 Å². The Labute approximate surface area is 116 Å². The van der Waals surface area contributed by atoms with E-state index in [9.17, 15) is 4.79 Å². The van der Waals surface area contributed by atoms with E-state index in [1.165, 1.54) is 25.7 Å². The molecule has 0 bridgehead atoms. The standard InChI is InChI=1S/C15H28N2O2/c1-15(2)11-17(10-13(9-16)19-15)14(18)12-7-5-3-4-6-8-12/h12-13H,3-11,16H2,1-2H3. The van der Waals surface area contributed by atoms with Crippen LogP contribution in [-0.2, 0) is 9.53 Å². The van der Waals surface area contributed by atoms with Gasteiger partial charge in [-0.25, -0.2) is 0 Å². The Kier molecular flexibility index (Phi) is 4.85. The van der Waals surface area contributed by atoms with Gasteiger partial charge in [-0.05, 0) is 26.7 Å². The smallest absolute Gasteiger partial charge is 0.225 e. The predicted octanol–water partition coefficient (Wildman–Crippen LogP) is 1.92. The maximum atomic E-state index is 12.7. The number of carbonyl (C=O) groups is 1. The molecular formula is C15H28N2O2. The van der Waals surface area contributed by atoms with E-state index < -0.39 is 0 Å². The lowest BCUT2D eigenvalue weighted by molar-refractivity contribution is -0.163. The van der Waals surface area contributed by atoms with E-state index in [2.05, 4.69) is 0 Å². The third kappa shape index (κ3) is 3.93. The molecule has 2 aliphatic rings. The van der Waals surface area contributed by atoms with Crippen molar-refractivity contribution in [2.75, 3.05) is 19.6 Å². The van der Waals surface area contributed by atoms with Crippen LogP contribution in [0.4, 0.5) is 0 Å². The summed E-state index contributed by atoms with van der Waals surface area (Å²) < 4.78 is 5.90. The fraction of sp³-hybridized carbons (Fsp3) is 0.933. The lowest BCUT2D eigenvalue weighted by Crippen LogP contribution is -2.57. The van der Waals surface area contributed by atoms with Gasteiger partial charge < -0.3 is 15.4 Å². The van der Waals surface area contributed by atoms with Gasteiger partial charge in [0.1, 0.15) is 0 Å². The Morgan fingerprint density at radius 1 is 1.26 bits per heavy atom. The molecule has 0 radical (unpaired) electrons. The summed E-state index contributed by atoms with van der Waals surface area (Å²) >= 11 is 0. The van der Waals surface area contributed by atoms with Crippen molar-refractivity contribution in [2.45, 2.75) is 64.1 Å². The van der Waals surface area contributed by atoms with E-state index in [0.717, 1.165) is 12.8 Å². The molecule has 19 heavy (non-hydrogen) atoms.